The van der Waals surface area contributed by atoms with E-state index in [0.29, 0.717) is 18.5 Å². The lowest BCUT2D eigenvalue weighted by atomic mass is 10.1. The molecule has 2 aromatic rings. The van der Waals surface area contributed by atoms with Crippen LogP contribution >= 0.6 is 0 Å². The zero-order valence-corrected chi connectivity index (χ0v) is 13.8. The fourth-order valence-electron chi connectivity index (χ4n) is 2.37. The van der Waals surface area contributed by atoms with Crippen molar-refractivity contribution in [3.63, 3.8) is 0 Å². The summed E-state index contributed by atoms with van der Waals surface area (Å²) in [5.74, 6) is -0.971. The number of methoxy groups -OCH3 is 1. The molecular formula is C17H18FN3O4. The average Bonchev–Trinajstić information content (AvgIpc) is 2.60. The van der Waals surface area contributed by atoms with E-state index in [2.05, 4.69) is 10.6 Å². The van der Waals surface area contributed by atoms with Gasteiger partial charge >= 0.3 is 5.69 Å². The summed E-state index contributed by atoms with van der Waals surface area (Å²) in [4.78, 5) is 21.9. The van der Waals surface area contributed by atoms with Crippen LogP contribution in [0.1, 0.15) is 15.9 Å². The number of halogens is 1. The number of hydrogen-bond acceptors (Lipinski definition) is 5. The number of benzene rings is 2. The molecule has 0 saturated carbocycles. The van der Waals surface area contributed by atoms with Gasteiger partial charge in [0.1, 0.15) is 11.4 Å². The Kier molecular flexibility index (Phi) is 5.89. The maximum Gasteiger partial charge on any atom is 0.327 e. The summed E-state index contributed by atoms with van der Waals surface area (Å²) in [6.45, 7) is 0.324. The highest BCUT2D eigenvalue weighted by Crippen LogP contribution is 2.32. The fraction of sp³-hybridized carbons (Fsp3) is 0.235. The number of amides is 1. The SMILES string of the molecule is CNC(=O)c1cccc(CCNc2cc(OC)cc(F)c2[N+](=O)[O-])c1. The lowest BCUT2D eigenvalue weighted by Crippen LogP contribution is -2.18. The fourth-order valence-corrected chi connectivity index (χ4v) is 2.37. The second kappa shape index (κ2) is 8.09. The van der Waals surface area contributed by atoms with E-state index < -0.39 is 16.4 Å². The molecule has 132 valence electrons. The van der Waals surface area contributed by atoms with Crippen molar-refractivity contribution in [2.75, 3.05) is 26.0 Å². The van der Waals surface area contributed by atoms with Crippen LogP contribution in [0.15, 0.2) is 36.4 Å². The van der Waals surface area contributed by atoms with Gasteiger partial charge in [0.25, 0.3) is 5.91 Å². The minimum atomic E-state index is -0.964. The van der Waals surface area contributed by atoms with Gasteiger partial charge in [0.2, 0.25) is 5.82 Å². The van der Waals surface area contributed by atoms with Crippen molar-refractivity contribution in [1.82, 2.24) is 5.32 Å². The lowest BCUT2D eigenvalue weighted by Gasteiger charge is -2.10. The van der Waals surface area contributed by atoms with Crippen molar-refractivity contribution >= 4 is 17.3 Å². The summed E-state index contributed by atoms with van der Waals surface area (Å²) in [6, 6.07) is 9.37. The Morgan fingerprint density at radius 1 is 1.32 bits per heavy atom. The van der Waals surface area contributed by atoms with Crippen LogP contribution in [0.2, 0.25) is 0 Å². The lowest BCUT2D eigenvalue weighted by molar-refractivity contribution is -0.386. The number of hydrogen-bond donors (Lipinski definition) is 2. The Balaban J connectivity index is 2.13. The van der Waals surface area contributed by atoms with Crippen molar-refractivity contribution in [2.24, 2.45) is 0 Å². The topological polar surface area (TPSA) is 93.5 Å². The number of rotatable bonds is 7. The van der Waals surface area contributed by atoms with Crippen LogP contribution < -0.4 is 15.4 Å². The van der Waals surface area contributed by atoms with E-state index in [0.717, 1.165) is 11.6 Å². The zero-order valence-electron chi connectivity index (χ0n) is 13.8. The normalized spacial score (nSPS) is 10.2. The van der Waals surface area contributed by atoms with Crippen molar-refractivity contribution in [2.45, 2.75) is 6.42 Å². The Labute approximate surface area is 144 Å². The maximum atomic E-state index is 13.9. The Morgan fingerprint density at radius 3 is 2.72 bits per heavy atom. The molecule has 0 aromatic heterocycles. The van der Waals surface area contributed by atoms with E-state index in [9.17, 15) is 19.3 Å². The Morgan fingerprint density at radius 2 is 2.08 bits per heavy atom. The highest BCUT2D eigenvalue weighted by atomic mass is 19.1. The second-order valence-electron chi connectivity index (χ2n) is 5.22. The molecule has 0 aliphatic rings. The highest BCUT2D eigenvalue weighted by molar-refractivity contribution is 5.94. The number of nitro groups is 1. The summed E-state index contributed by atoms with van der Waals surface area (Å²) in [5.41, 5.74) is 0.822. The summed E-state index contributed by atoms with van der Waals surface area (Å²) in [5, 5.41) is 16.5. The van der Waals surface area contributed by atoms with Crippen molar-refractivity contribution in [3.05, 3.63) is 63.5 Å². The summed E-state index contributed by atoms with van der Waals surface area (Å²) < 4.78 is 18.8. The van der Waals surface area contributed by atoms with Gasteiger partial charge in [-0.25, -0.2) is 0 Å². The van der Waals surface area contributed by atoms with E-state index in [1.54, 1.807) is 25.2 Å². The highest BCUT2D eigenvalue weighted by Gasteiger charge is 2.22. The third-order valence-electron chi connectivity index (χ3n) is 3.60. The van der Waals surface area contributed by atoms with Gasteiger partial charge in [-0.1, -0.05) is 12.1 Å². The van der Waals surface area contributed by atoms with Crippen molar-refractivity contribution in [1.29, 1.82) is 0 Å². The smallest absolute Gasteiger partial charge is 0.327 e. The van der Waals surface area contributed by atoms with Gasteiger partial charge in [-0.15, -0.1) is 0 Å². The van der Waals surface area contributed by atoms with Crippen LogP contribution in [0.4, 0.5) is 15.8 Å². The van der Waals surface area contributed by atoms with Gasteiger partial charge in [-0.05, 0) is 24.1 Å². The zero-order chi connectivity index (χ0) is 18.4. The van der Waals surface area contributed by atoms with Gasteiger partial charge in [-0.3, -0.25) is 14.9 Å². The molecule has 0 unspecified atom stereocenters. The molecule has 0 atom stereocenters. The molecule has 0 spiro atoms. The third-order valence-corrected chi connectivity index (χ3v) is 3.60. The molecule has 2 aromatic carbocycles. The quantitative estimate of drug-likeness (QED) is 0.593. The summed E-state index contributed by atoms with van der Waals surface area (Å²) >= 11 is 0. The molecule has 0 fully saturated rings. The number of anilines is 1. The molecule has 2 rings (SSSR count). The van der Waals surface area contributed by atoms with Crippen LogP contribution in [0.3, 0.4) is 0 Å². The van der Waals surface area contributed by atoms with Crippen molar-refractivity contribution in [3.8, 4) is 5.75 Å². The van der Waals surface area contributed by atoms with Gasteiger partial charge in [-0.2, -0.15) is 4.39 Å². The first-order chi connectivity index (χ1) is 12.0. The van der Waals surface area contributed by atoms with E-state index in [-0.39, 0.29) is 17.3 Å². The second-order valence-corrected chi connectivity index (χ2v) is 5.22. The van der Waals surface area contributed by atoms with E-state index in [4.69, 9.17) is 4.74 Å². The van der Waals surface area contributed by atoms with Crippen LogP contribution in [0, 0.1) is 15.9 Å². The predicted molar refractivity (Wildman–Crippen MR) is 91.6 cm³/mol. The van der Waals surface area contributed by atoms with Gasteiger partial charge in [0.15, 0.2) is 0 Å². The summed E-state index contributed by atoms with van der Waals surface area (Å²) in [6.07, 6.45) is 0.501. The molecule has 7 nitrogen and oxygen atoms in total. The van der Waals surface area contributed by atoms with E-state index in [1.165, 1.54) is 13.2 Å². The largest absolute Gasteiger partial charge is 0.497 e. The van der Waals surface area contributed by atoms with Crippen LogP contribution in [-0.2, 0) is 6.42 Å². The van der Waals surface area contributed by atoms with Crippen molar-refractivity contribution < 1.29 is 18.8 Å². The minimum absolute atomic E-state index is 0.0457. The molecular weight excluding hydrogens is 329 g/mol. The van der Waals surface area contributed by atoms with E-state index >= 15 is 0 Å². The molecule has 0 radical (unpaired) electrons. The van der Waals surface area contributed by atoms with Gasteiger partial charge in [0.05, 0.1) is 12.0 Å². The number of nitrogens with zero attached hydrogens (tertiary/aromatic N) is 1. The Bertz CT molecular complexity index is 795. The first kappa shape index (κ1) is 18.2. The van der Waals surface area contributed by atoms with E-state index in [1.807, 2.05) is 6.07 Å². The van der Waals surface area contributed by atoms with Gasteiger partial charge in [0, 0.05) is 31.3 Å². The molecule has 25 heavy (non-hydrogen) atoms. The molecule has 8 heteroatoms. The molecule has 1 amide bonds. The van der Waals surface area contributed by atoms with Crippen LogP contribution in [-0.4, -0.2) is 31.5 Å². The third kappa shape index (κ3) is 4.43. The summed E-state index contributed by atoms with van der Waals surface area (Å²) in [7, 11) is 2.90. The minimum Gasteiger partial charge on any atom is -0.497 e. The molecule has 2 N–H and O–H groups in total. The number of ether oxygens (including phenoxy) is 1. The number of carbonyl (C=O) groups is 1. The van der Waals surface area contributed by atoms with Gasteiger partial charge < -0.3 is 15.4 Å². The monoisotopic (exact) mass is 347 g/mol. The predicted octanol–water partition coefficient (Wildman–Crippen LogP) is 2.76. The first-order valence-electron chi connectivity index (χ1n) is 7.53. The first-order valence-corrected chi connectivity index (χ1v) is 7.53. The number of nitro benzene ring substituents is 1. The number of carbonyl (C=O) groups excluding carboxylic acids is 1. The Hall–Kier alpha value is -3.16. The maximum absolute atomic E-state index is 13.9. The van der Waals surface area contributed by atoms with Crippen LogP contribution in [0.25, 0.3) is 0 Å². The molecule has 0 heterocycles. The molecule has 0 saturated heterocycles. The average molecular weight is 347 g/mol. The molecule has 0 aliphatic heterocycles. The number of nitrogens with one attached hydrogen (secondary N) is 2. The molecule has 0 bridgehead atoms. The standard InChI is InChI=1S/C17H18FN3O4/c1-19-17(22)12-5-3-4-11(8-12)6-7-20-15-10-13(25-2)9-14(18)16(15)21(23)24/h3-5,8-10,20H,6-7H2,1-2H3,(H,19,22). The van der Waals surface area contributed by atoms with Crippen LogP contribution in [0.5, 0.6) is 5.75 Å². The molecule has 0 aliphatic carbocycles.